The number of pyridine rings is 1. The van der Waals surface area contributed by atoms with Gasteiger partial charge >= 0.3 is 0 Å². The first-order chi connectivity index (χ1) is 11.7. The van der Waals surface area contributed by atoms with Crippen LogP contribution in [0.25, 0.3) is 0 Å². The monoisotopic (exact) mass is 325 g/mol. The van der Waals surface area contributed by atoms with E-state index in [9.17, 15) is 4.79 Å². The molecule has 6 nitrogen and oxygen atoms in total. The van der Waals surface area contributed by atoms with Crippen LogP contribution >= 0.6 is 0 Å². The van der Waals surface area contributed by atoms with Crippen molar-refractivity contribution in [1.29, 1.82) is 0 Å². The molecule has 6 heteroatoms. The number of hydrogen-bond donors (Lipinski definition) is 1. The van der Waals surface area contributed by atoms with Crippen molar-refractivity contribution >= 4 is 11.7 Å². The van der Waals surface area contributed by atoms with Gasteiger partial charge in [-0.2, -0.15) is 0 Å². The Bertz CT molecular complexity index is 718. The molecule has 24 heavy (non-hydrogen) atoms. The molecule has 2 aromatic rings. The van der Waals surface area contributed by atoms with Crippen molar-refractivity contribution in [2.45, 2.75) is 38.6 Å². The summed E-state index contributed by atoms with van der Waals surface area (Å²) in [7, 11) is 1.66. The minimum absolute atomic E-state index is 0.0427. The highest BCUT2D eigenvalue weighted by molar-refractivity contribution is 5.75. The summed E-state index contributed by atoms with van der Waals surface area (Å²) in [5.41, 5.74) is 2.98. The standard InChI is InChI=1S/C18H23N5O/c1-13-11-17(21-12-20-13)23-10-4-7-16(23)15-6-3-5-14(22-15)8-9-18(24)19-2/h3,5-6,11-12,16H,4,7-10H2,1-2H3,(H,19,24)/t16-/m1/s1. The van der Waals surface area contributed by atoms with Crippen molar-refractivity contribution in [2.24, 2.45) is 0 Å². The van der Waals surface area contributed by atoms with Gasteiger partial charge in [0, 0.05) is 37.5 Å². The summed E-state index contributed by atoms with van der Waals surface area (Å²) in [5, 5.41) is 2.65. The van der Waals surface area contributed by atoms with Crippen molar-refractivity contribution < 1.29 is 4.79 Å². The van der Waals surface area contributed by atoms with E-state index in [-0.39, 0.29) is 11.9 Å². The van der Waals surface area contributed by atoms with E-state index >= 15 is 0 Å². The molecule has 0 saturated carbocycles. The van der Waals surface area contributed by atoms with Crippen molar-refractivity contribution in [3.8, 4) is 0 Å². The Kier molecular flexibility index (Phi) is 5.03. The summed E-state index contributed by atoms with van der Waals surface area (Å²) in [5.74, 6) is 1.00. The quantitative estimate of drug-likeness (QED) is 0.912. The van der Waals surface area contributed by atoms with Gasteiger partial charge in [0.25, 0.3) is 0 Å². The summed E-state index contributed by atoms with van der Waals surface area (Å²) < 4.78 is 0. The van der Waals surface area contributed by atoms with Gasteiger partial charge < -0.3 is 10.2 Å². The van der Waals surface area contributed by atoms with Gasteiger partial charge in [0.05, 0.1) is 11.7 Å². The number of anilines is 1. The SMILES string of the molecule is CNC(=O)CCc1cccc([C@H]2CCCN2c2cc(C)ncn2)n1. The lowest BCUT2D eigenvalue weighted by atomic mass is 10.1. The summed E-state index contributed by atoms with van der Waals surface area (Å²) in [4.78, 5) is 27.1. The van der Waals surface area contributed by atoms with Gasteiger partial charge in [0.15, 0.2) is 0 Å². The Morgan fingerprint density at radius 2 is 2.25 bits per heavy atom. The third kappa shape index (κ3) is 3.69. The molecule has 0 unspecified atom stereocenters. The highest BCUT2D eigenvalue weighted by Crippen LogP contribution is 2.34. The summed E-state index contributed by atoms with van der Waals surface area (Å²) >= 11 is 0. The molecule has 1 aliphatic heterocycles. The van der Waals surface area contributed by atoms with Crippen LogP contribution in [0.5, 0.6) is 0 Å². The molecular formula is C18H23N5O. The van der Waals surface area contributed by atoms with Crippen LogP contribution in [0.3, 0.4) is 0 Å². The molecule has 1 saturated heterocycles. The fraction of sp³-hybridized carbons (Fsp3) is 0.444. The lowest BCUT2D eigenvalue weighted by Crippen LogP contribution is -2.24. The fourth-order valence-electron chi connectivity index (χ4n) is 3.14. The number of amides is 1. The molecule has 126 valence electrons. The van der Waals surface area contributed by atoms with Gasteiger partial charge in [-0.05, 0) is 38.3 Å². The minimum atomic E-state index is 0.0427. The molecular weight excluding hydrogens is 302 g/mol. The maximum absolute atomic E-state index is 11.4. The molecule has 3 rings (SSSR count). The van der Waals surface area contributed by atoms with Crippen LogP contribution in [0.4, 0.5) is 5.82 Å². The average Bonchev–Trinajstić information content (AvgIpc) is 3.09. The molecule has 1 atom stereocenters. The predicted octanol–water partition coefficient (Wildman–Crippen LogP) is 2.20. The van der Waals surface area contributed by atoms with Gasteiger partial charge in [-0.25, -0.2) is 9.97 Å². The second-order valence-corrected chi connectivity index (χ2v) is 6.10. The fourth-order valence-corrected chi connectivity index (χ4v) is 3.14. The number of hydrogen-bond acceptors (Lipinski definition) is 5. The Labute approximate surface area is 142 Å². The van der Waals surface area contributed by atoms with Gasteiger partial charge in [-0.1, -0.05) is 6.07 Å². The van der Waals surface area contributed by atoms with Crippen molar-refractivity contribution in [2.75, 3.05) is 18.5 Å². The molecule has 0 spiro atoms. The lowest BCUT2D eigenvalue weighted by molar-refractivity contribution is -0.120. The van der Waals surface area contributed by atoms with E-state index in [0.29, 0.717) is 12.8 Å². The van der Waals surface area contributed by atoms with Crippen LogP contribution in [-0.4, -0.2) is 34.5 Å². The second-order valence-electron chi connectivity index (χ2n) is 6.10. The molecule has 1 aliphatic rings. The van der Waals surface area contributed by atoms with Crippen LogP contribution in [0.2, 0.25) is 0 Å². The smallest absolute Gasteiger partial charge is 0.220 e. The third-order valence-electron chi connectivity index (χ3n) is 4.39. The molecule has 1 amide bonds. The van der Waals surface area contributed by atoms with Crippen molar-refractivity contribution in [3.63, 3.8) is 0 Å². The van der Waals surface area contributed by atoms with Crippen LogP contribution in [0.15, 0.2) is 30.6 Å². The van der Waals surface area contributed by atoms with Gasteiger partial charge in [0.1, 0.15) is 12.1 Å². The highest BCUT2D eigenvalue weighted by Gasteiger charge is 2.28. The maximum atomic E-state index is 11.4. The van der Waals surface area contributed by atoms with Crippen LogP contribution in [0, 0.1) is 6.92 Å². The number of aryl methyl sites for hydroxylation is 2. The Balaban J connectivity index is 1.78. The predicted molar refractivity (Wildman–Crippen MR) is 92.7 cm³/mol. The maximum Gasteiger partial charge on any atom is 0.220 e. The average molecular weight is 325 g/mol. The van der Waals surface area contributed by atoms with Gasteiger partial charge in [0.2, 0.25) is 5.91 Å². The van der Waals surface area contributed by atoms with E-state index in [4.69, 9.17) is 4.98 Å². The number of carbonyl (C=O) groups excluding carboxylic acids is 1. The van der Waals surface area contributed by atoms with E-state index in [2.05, 4.69) is 26.3 Å². The van der Waals surface area contributed by atoms with Crippen LogP contribution in [-0.2, 0) is 11.2 Å². The van der Waals surface area contributed by atoms with Crippen molar-refractivity contribution in [1.82, 2.24) is 20.3 Å². The van der Waals surface area contributed by atoms with E-state index in [1.54, 1.807) is 13.4 Å². The molecule has 3 heterocycles. The van der Waals surface area contributed by atoms with E-state index in [1.165, 1.54) is 0 Å². The van der Waals surface area contributed by atoms with Gasteiger partial charge in [-0.15, -0.1) is 0 Å². The first kappa shape index (κ1) is 16.4. The Hall–Kier alpha value is -2.50. The summed E-state index contributed by atoms with van der Waals surface area (Å²) in [6, 6.07) is 8.34. The Morgan fingerprint density at radius 1 is 1.38 bits per heavy atom. The normalized spacial score (nSPS) is 17.1. The first-order valence-electron chi connectivity index (χ1n) is 8.39. The highest BCUT2D eigenvalue weighted by atomic mass is 16.1. The molecule has 0 aromatic carbocycles. The summed E-state index contributed by atoms with van der Waals surface area (Å²) in [6.07, 6.45) is 4.93. The minimum Gasteiger partial charge on any atom is -0.359 e. The van der Waals surface area contributed by atoms with Crippen LogP contribution < -0.4 is 10.2 Å². The van der Waals surface area contributed by atoms with Crippen LogP contribution in [0.1, 0.15) is 42.4 Å². The van der Waals surface area contributed by atoms with E-state index < -0.39 is 0 Å². The molecule has 2 aromatic heterocycles. The molecule has 1 fully saturated rings. The van der Waals surface area contributed by atoms with Gasteiger partial charge in [-0.3, -0.25) is 9.78 Å². The third-order valence-corrected chi connectivity index (χ3v) is 4.39. The summed E-state index contributed by atoms with van der Waals surface area (Å²) in [6.45, 7) is 2.96. The topological polar surface area (TPSA) is 71.0 Å². The first-order valence-corrected chi connectivity index (χ1v) is 8.39. The number of nitrogens with zero attached hydrogens (tertiary/aromatic N) is 4. The number of nitrogens with one attached hydrogen (secondary N) is 1. The zero-order chi connectivity index (χ0) is 16.9. The number of aromatic nitrogens is 3. The zero-order valence-corrected chi connectivity index (χ0v) is 14.2. The van der Waals surface area contributed by atoms with E-state index in [1.807, 2.05) is 25.1 Å². The molecule has 0 bridgehead atoms. The lowest BCUT2D eigenvalue weighted by Gasteiger charge is -2.25. The largest absolute Gasteiger partial charge is 0.359 e. The molecule has 0 radical (unpaired) electrons. The Morgan fingerprint density at radius 3 is 3.04 bits per heavy atom. The van der Waals surface area contributed by atoms with E-state index in [0.717, 1.165) is 42.3 Å². The molecule has 1 N–H and O–H groups in total. The van der Waals surface area contributed by atoms with Crippen molar-refractivity contribution in [3.05, 3.63) is 47.7 Å². The second kappa shape index (κ2) is 7.38. The zero-order valence-electron chi connectivity index (χ0n) is 14.2. The number of carbonyl (C=O) groups is 1. The number of rotatable bonds is 5. The molecule has 0 aliphatic carbocycles.